The Morgan fingerprint density at radius 2 is 2.21 bits per heavy atom. The monoisotopic (exact) mass is 322 g/mol. The Hall–Kier alpha value is -0.870. The van der Waals surface area contributed by atoms with Crippen LogP contribution in [0.3, 0.4) is 0 Å². The van der Waals surface area contributed by atoms with Crippen molar-refractivity contribution in [3.8, 4) is 0 Å². The fourth-order valence-electron chi connectivity index (χ4n) is 3.26. The first-order chi connectivity index (χ1) is 9.15. The fraction of sp³-hybridized carbons (Fsp3) is 0.533. The van der Waals surface area contributed by atoms with E-state index in [2.05, 4.69) is 27.8 Å². The van der Waals surface area contributed by atoms with E-state index in [1.165, 1.54) is 19.4 Å². The second-order valence-electron chi connectivity index (χ2n) is 5.61. The molecule has 0 bridgehead atoms. The van der Waals surface area contributed by atoms with Crippen LogP contribution in [0.4, 0.5) is 0 Å². The number of hydrogen-bond donors (Lipinski definition) is 0. The SMILES string of the molecule is CC1CN2CCCC2CN1C(=O)c1cccc(Br)c1. The lowest BCUT2D eigenvalue weighted by Crippen LogP contribution is -2.56. The summed E-state index contributed by atoms with van der Waals surface area (Å²) >= 11 is 3.44. The van der Waals surface area contributed by atoms with Crippen molar-refractivity contribution in [1.29, 1.82) is 0 Å². The van der Waals surface area contributed by atoms with Crippen LogP contribution in [0.25, 0.3) is 0 Å². The Morgan fingerprint density at radius 1 is 1.37 bits per heavy atom. The van der Waals surface area contributed by atoms with Crippen molar-refractivity contribution in [3.63, 3.8) is 0 Å². The summed E-state index contributed by atoms with van der Waals surface area (Å²) in [4.78, 5) is 17.2. The molecule has 3 nitrogen and oxygen atoms in total. The molecule has 2 heterocycles. The van der Waals surface area contributed by atoms with Gasteiger partial charge in [-0.25, -0.2) is 0 Å². The summed E-state index contributed by atoms with van der Waals surface area (Å²) < 4.78 is 0.963. The van der Waals surface area contributed by atoms with Crippen LogP contribution in [0, 0.1) is 0 Å². The number of piperazine rings is 1. The molecule has 19 heavy (non-hydrogen) atoms. The molecule has 1 amide bonds. The summed E-state index contributed by atoms with van der Waals surface area (Å²) in [6.45, 7) is 5.26. The summed E-state index contributed by atoms with van der Waals surface area (Å²) in [6, 6.07) is 8.58. The molecule has 0 aliphatic carbocycles. The summed E-state index contributed by atoms with van der Waals surface area (Å²) in [5.41, 5.74) is 0.785. The maximum absolute atomic E-state index is 12.6. The normalized spacial score (nSPS) is 27.4. The zero-order chi connectivity index (χ0) is 13.4. The Morgan fingerprint density at radius 3 is 3.00 bits per heavy atom. The van der Waals surface area contributed by atoms with Crippen LogP contribution < -0.4 is 0 Å². The molecule has 1 aromatic carbocycles. The van der Waals surface area contributed by atoms with Crippen molar-refractivity contribution in [1.82, 2.24) is 9.80 Å². The molecule has 2 aliphatic rings. The van der Waals surface area contributed by atoms with Crippen LogP contribution >= 0.6 is 15.9 Å². The topological polar surface area (TPSA) is 23.6 Å². The van der Waals surface area contributed by atoms with Crippen molar-refractivity contribution in [2.75, 3.05) is 19.6 Å². The minimum atomic E-state index is 0.167. The Balaban J connectivity index is 1.79. The maximum Gasteiger partial charge on any atom is 0.254 e. The second kappa shape index (κ2) is 5.25. The summed E-state index contributed by atoms with van der Waals surface area (Å²) in [6.07, 6.45) is 2.51. The fourth-order valence-corrected chi connectivity index (χ4v) is 3.66. The van der Waals surface area contributed by atoms with E-state index in [4.69, 9.17) is 0 Å². The van der Waals surface area contributed by atoms with Crippen LogP contribution in [0.1, 0.15) is 30.1 Å². The molecule has 0 radical (unpaired) electrons. The van der Waals surface area contributed by atoms with E-state index in [1.54, 1.807) is 0 Å². The predicted octanol–water partition coefficient (Wildman–Crippen LogP) is 2.76. The number of rotatable bonds is 1. The lowest BCUT2D eigenvalue weighted by molar-refractivity contribution is 0.0395. The molecule has 0 N–H and O–H groups in total. The van der Waals surface area contributed by atoms with Crippen molar-refractivity contribution >= 4 is 21.8 Å². The van der Waals surface area contributed by atoms with Crippen LogP contribution in [0.15, 0.2) is 28.7 Å². The minimum Gasteiger partial charge on any atom is -0.333 e. The molecule has 0 saturated carbocycles. The summed E-state index contributed by atoms with van der Waals surface area (Å²) in [5.74, 6) is 0.167. The molecule has 102 valence electrons. The van der Waals surface area contributed by atoms with Gasteiger partial charge in [-0.3, -0.25) is 9.69 Å². The number of halogens is 1. The summed E-state index contributed by atoms with van der Waals surface area (Å²) in [5, 5.41) is 0. The molecule has 3 rings (SSSR count). The number of carbonyl (C=O) groups is 1. The molecule has 1 aromatic rings. The average Bonchev–Trinajstić information content (AvgIpc) is 2.84. The van der Waals surface area contributed by atoms with Gasteiger partial charge in [0, 0.05) is 35.2 Å². The molecule has 2 fully saturated rings. The van der Waals surface area contributed by atoms with Gasteiger partial charge in [-0.1, -0.05) is 22.0 Å². The molecular weight excluding hydrogens is 304 g/mol. The first-order valence-electron chi connectivity index (χ1n) is 6.96. The Labute approximate surface area is 122 Å². The third kappa shape index (κ3) is 2.56. The number of nitrogens with zero attached hydrogens (tertiary/aromatic N) is 2. The van der Waals surface area contributed by atoms with Gasteiger partial charge in [-0.05, 0) is 44.5 Å². The highest BCUT2D eigenvalue weighted by Gasteiger charge is 2.36. The number of carbonyl (C=O) groups excluding carboxylic acids is 1. The molecule has 0 spiro atoms. The molecule has 2 saturated heterocycles. The zero-order valence-corrected chi connectivity index (χ0v) is 12.8. The van der Waals surface area contributed by atoms with E-state index in [1.807, 2.05) is 29.2 Å². The average molecular weight is 323 g/mol. The first-order valence-corrected chi connectivity index (χ1v) is 7.75. The Bertz CT molecular complexity index is 491. The van der Waals surface area contributed by atoms with E-state index in [9.17, 15) is 4.79 Å². The van der Waals surface area contributed by atoms with E-state index < -0.39 is 0 Å². The lowest BCUT2D eigenvalue weighted by atomic mass is 10.1. The Kier molecular flexibility index (Phi) is 3.63. The third-order valence-corrected chi connectivity index (χ3v) is 4.76. The van der Waals surface area contributed by atoms with E-state index >= 15 is 0 Å². The predicted molar refractivity (Wildman–Crippen MR) is 79.2 cm³/mol. The van der Waals surface area contributed by atoms with E-state index in [-0.39, 0.29) is 5.91 Å². The number of fused-ring (bicyclic) bond motifs is 1. The molecule has 2 aliphatic heterocycles. The van der Waals surface area contributed by atoms with Crippen LogP contribution in [-0.4, -0.2) is 47.4 Å². The molecule has 4 heteroatoms. The van der Waals surface area contributed by atoms with Crippen molar-refractivity contribution in [2.24, 2.45) is 0 Å². The second-order valence-corrected chi connectivity index (χ2v) is 6.52. The van der Waals surface area contributed by atoms with Gasteiger partial charge in [-0.15, -0.1) is 0 Å². The molecular formula is C15H19BrN2O. The van der Waals surface area contributed by atoms with Gasteiger partial charge in [0.1, 0.15) is 0 Å². The van der Waals surface area contributed by atoms with Crippen molar-refractivity contribution < 1.29 is 4.79 Å². The van der Waals surface area contributed by atoms with Crippen LogP contribution in [0.2, 0.25) is 0 Å². The smallest absolute Gasteiger partial charge is 0.254 e. The van der Waals surface area contributed by atoms with Gasteiger partial charge in [0.15, 0.2) is 0 Å². The van der Waals surface area contributed by atoms with E-state index in [0.717, 1.165) is 23.1 Å². The van der Waals surface area contributed by atoms with Gasteiger partial charge < -0.3 is 4.90 Å². The third-order valence-electron chi connectivity index (χ3n) is 4.27. The molecule has 2 atom stereocenters. The van der Waals surface area contributed by atoms with Gasteiger partial charge >= 0.3 is 0 Å². The highest BCUT2D eigenvalue weighted by molar-refractivity contribution is 9.10. The number of amides is 1. The van der Waals surface area contributed by atoms with Crippen molar-refractivity contribution in [2.45, 2.75) is 31.8 Å². The molecule has 2 unspecified atom stereocenters. The lowest BCUT2D eigenvalue weighted by Gasteiger charge is -2.42. The number of benzene rings is 1. The highest BCUT2D eigenvalue weighted by atomic mass is 79.9. The largest absolute Gasteiger partial charge is 0.333 e. The standard InChI is InChI=1S/C15H19BrN2O/c1-11-9-17-7-3-6-14(17)10-18(11)15(19)12-4-2-5-13(16)8-12/h2,4-5,8,11,14H,3,6-7,9-10H2,1H3. The quantitative estimate of drug-likeness (QED) is 0.793. The van der Waals surface area contributed by atoms with Gasteiger partial charge in [-0.2, -0.15) is 0 Å². The first kappa shape index (κ1) is 13.1. The zero-order valence-electron chi connectivity index (χ0n) is 11.2. The van der Waals surface area contributed by atoms with Gasteiger partial charge in [0.2, 0.25) is 0 Å². The minimum absolute atomic E-state index is 0.167. The van der Waals surface area contributed by atoms with Crippen molar-refractivity contribution in [3.05, 3.63) is 34.3 Å². The van der Waals surface area contributed by atoms with Crippen LogP contribution in [-0.2, 0) is 0 Å². The van der Waals surface area contributed by atoms with Crippen LogP contribution in [0.5, 0.6) is 0 Å². The van der Waals surface area contributed by atoms with Gasteiger partial charge in [0.05, 0.1) is 0 Å². The van der Waals surface area contributed by atoms with E-state index in [0.29, 0.717) is 12.1 Å². The highest BCUT2D eigenvalue weighted by Crippen LogP contribution is 2.26. The van der Waals surface area contributed by atoms with Gasteiger partial charge in [0.25, 0.3) is 5.91 Å². The number of hydrogen-bond acceptors (Lipinski definition) is 2. The maximum atomic E-state index is 12.6. The molecule has 0 aromatic heterocycles. The summed E-state index contributed by atoms with van der Waals surface area (Å²) in [7, 11) is 0.